The van der Waals surface area contributed by atoms with E-state index in [0.29, 0.717) is 17.9 Å². The highest BCUT2D eigenvalue weighted by Gasteiger charge is 2.30. The van der Waals surface area contributed by atoms with Crippen LogP contribution in [0.3, 0.4) is 0 Å². The molecule has 0 aromatic heterocycles. The standard InChI is InChI=1S/C10H18N2O/c11-9-4-1-7(5-9)6-12-10(13)8-2-3-8/h7-9H,1-6,11H2,(H,12,13)/t7-,9+/m0/s1. The van der Waals surface area contributed by atoms with Crippen LogP contribution in [-0.4, -0.2) is 18.5 Å². The van der Waals surface area contributed by atoms with Crippen LogP contribution in [0.5, 0.6) is 0 Å². The van der Waals surface area contributed by atoms with Gasteiger partial charge < -0.3 is 11.1 Å². The van der Waals surface area contributed by atoms with Crippen LogP contribution in [0.2, 0.25) is 0 Å². The molecule has 0 saturated heterocycles. The first-order valence-electron chi connectivity index (χ1n) is 5.29. The van der Waals surface area contributed by atoms with Gasteiger partial charge in [0.25, 0.3) is 0 Å². The second kappa shape index (κ2) is 3.66. The smallest absolute Gasteiger partial charge is 0.223 e. The van der Waals surface area contributed by atoms with Crippen molar-refractivity contribution < 1.29 is 4.79 Å². The summed E-state index contributed by atoms with van der Waals surface area (Å²) in [4.78, 5) is 11.3. The molecule has 3 heteroatoms. The molecule has 2 aliphatic carbocycles. The number of rotatable bonds is 3. The normalized spacial score (nSPS) is 33.3. The van der Waals surface area contributed by atoms with E-state index < -0.39 is 0 Å². The van der Waals surface area contributed by atoms with Crippen molar-refractivity contribution in [1.82, 2.24) is 5.32 Å². The van der Waals surface area contributed by atoms with Crippen LogP contribution in [0.15, 0.2) is 0 Å². The van der Waals surface area contributed by atoms with Gasteiger partial charge in [-0.2, -0.15) is 0 Å². The molecule has 0 spiro atoms. The summed E-state index contributed by atoms with van der Waals surface area (Å²) >= 11 is 0. The molecular formula is C10H18N2O. The molecule has 2 aliphatic rings. The average Bonchev–Trinajstić information content (AvgIpc) is 2.87. The summed E-state index contributed by atoms with van der Waals surface area (Å²) in [6, 6.07) is 0.378. The molecule has 2 rings (SSSR count). The molecule has 0 heterocycles. The molecule has 1 amide bonds. The second-order valence-electron chi connectivity index (χ2n) is 4.46. The van der Waals surface area contributed by atoms with Gasteiger partial charge in [-0.15, -0.1) is 0 Å². The molecule has 13 heavy (non-hydrogen) atoms. The number of carbonyl (C=O) groups is 1. The summed E-state index contributed by atoms with van der Waals surface area (Å²) < 4.78 is 0. The van der Waals surface area contributed by atoms with Crippen LogP contribution in [0.4, 0.5) is 0 Å². The zero-order valence-corrected chi connectivity index (χ0v) is 7.96. The molecule has 0 unspecified atom stereocenters. The molecule has 3 N–H and O–H groups in total. The largest absolute Gasteiger partial charge is 0.356 e. The van der Waals surface area contributed by atoms with Gasteiger partial charge in [0, 0.05) is 18.5 Å². The minimum absolute atomic E-state index is 0.264. The van der Waals surface area contributed by atoms with Crippen molar-refractivity contribution in [3.8, 4) is 0 Å². The molecule has 74 valence electrons. The van der Waals surface area contributed by atoms with Gasteiger partial charge in [0.1, 0.15) is 0 Å². The maximum absolute atomic E-state index is 11.3. The van der Waals surface area contributed by atoms with Crippen LogP contribution in [0, 0.1) is 11.8 Å². The Hall–Kier alpha value is -0.570. The van der Waals surface area contributed by atoms with Crippen molar-refractivity contribution in [2.45, 2.75) is 38.1 Å². The second-order valence-corrected chi connectivity index (χ2v) is 4.46. The fourth-order valence-corrected chi connectivity index (χ4v) is 2.03. The van der Waals surface area contributed by atoms with E-state index in [2.05, 4.69) is 5.32 Å². The van der Waals surface area contributed by atoms with Crippen molar-refractivity contribution >= 4 is 5.91 Å². The molecule has 0 bridgehead atoms. The number of nitrogens with two attached hydrogens (primary N) is 1. The van der Waals surface area contributed by atoms with Crippen molar-refractivity contribution in [3.05, 3.63) is 0 Å². The van der Waals surface area contributed by atoms with Gasteiger partial charge in [-0.05, 0) is 38.0 Å². The predicted molar refractivity (Wildman–Crippen MR) is 51.1 cm³/mol. The Morgan fingerprint density at radius 1 is 1.31 bits per heavy atom. The number of hydrogen-bond acceptors (Lipinski definition) is 2. The Kier molecular flexibility index (Phi) is 2.54. The quantitative estimate of drug-likeness (QED) is 0.673. The van der Waals surface area contributed by atoms with Crippen LogP contribution in [-0.2, 0) is 4.79 Å². The minimum atomic E-state index is 0.264. The lowest BCUT2D eigenvalue weighted by Crippen LogP contribution is -2.30. The van der Waals surface area contributed by atoms with Crippen molar-refractivity contribution in [2.75, 3.05) is 6.54 Å². The van der Waals surface area contributed by atoms with Gasteiger partial charge in [-0.25, -0.2) is 0 Å². The predicted octanol–water partition coefficient (Wildman–Crippen LogP) is 0.640. The fourth-order valence-electron chi connectivity index (χ4n) is 2.03. The lowest BCUT2D eigenvalue weighted by Gasteiger charge is -2.10. The Morgan fingerprint density at radius 2 is 2.08 bits per heavy atom. The lowest BCUT2D eigenvalue weighted by molar-refractivity contribution is -0.122. The average molecular weight is 182 g/mol. The zero-order chi connectivity index (χ0) is 9.26. The highest BCUT2D eigenvalue weighted by Crippen LogP contribution is 2.29. The number of nitrogens with one attached hydrogen (secondary N) is 1. The molecule has 0 aliphatic heterocycles. The molecule has 0 radical (unpaired) electrons. The number of amides is 1. The molecule has 0 aromatic rings. The molecule has 3 nitrogen and oxygen atoms in total. The Labute approximate surface area is 79.1 Å². The van der Waals surface area contributed by atoms with Crippen molar-refractivity contribution in [2.24, 2.45) is 17.6 Å². The van der Waals surface area contributed by atoms with Crippen LogP contribution in [0.1, 0.15) is 32.1 Å². The first kappa shape index (κ1) is 9.00. The van der Waals surface area contributed by atoms with Gasteiger partial charge in [-0.3, -0.25) is 4.79 Å². The van der Waals surface area contributed by atoms with E-state index in [1.807, 2.05) is 0 Å². The first-order chi connectivity index (χ1) is 6.25. The SMILES string of the molecule is N[C@@H]1CC[C@H](CNC(=O)C2CC2)C1. The zero-order valence-electron chi connectivity index (χ0n) is 7.96. The number of carbonyl (C=O) groups excluding carboxylic acids is 1. The van der Waals surface area contributed by atoms with Crippen molar-refractivity contribution in [3.63, 3.8) is 0 Å². The maximum Gasteiger partial charge on any atom is 0.223 e. The van der Waals surface area contributed by atoms with Gasteiger partial charge in [0.15, 0.2) is 0 Å². The lowest BCUT2D eigenvalue weighted by atomic mass is 10.1. The Balaban J connectivity index is 1.64. The Morgan fingerprint density at radius 3 is 2.62 bits per heavy atom. The molecule has 2 saturated carbocycles. The third kappa shape index (κ3) is 2.44. The molecule has 0 aromatic carbocycles. The van der Waals surface area contributed by atoms with Gasteiger partial charge >= 0.3 is 0 Å². The third-order valence-electron chi connectivity index (χ3n) is 3.09. The Bertz CT molecular complexity index is 201. The summed E-state index contributed by atoms with van der Waals surface area (Å²) in [5, 5.41) is 3.01. The maximum atomic E-state index is 11.3. The van der Waals surface area contributed by atoms with Gasteiger partial charge in [-0.1, -0.05) is 0 Å². The highest BCUT2D eigenvalue weighted by atomic mass is 16.2. The van der Waals surface area contributed by atoms with E-state index >= 15 is 0 Å². The molecule has 2 fully saturated rings. The topological polar surface area (TPSA) is 55.1 Å². The van der Waals surface area contributed by atoms with E-state index in [-0.39, 0.29) is 5.91 Å². The third-order valence-corrected chi connectivity index (χ3v) is 3.09. The fraction of sp³-hybridized carbons (Fsp3) is 0.900. The van der Waals surface area contributed by atoms with Gasteiger partial charge in [0.05, 0.1) is 0 Å². The summed E-state index contributed by atoms with van der Waals surface area (Å²) in [6.07, 6.45) is 5.59. The van der Waals surface area contributed by atoms with E-state index in [4.69, 9.17) is 5.73 Å². The van der Waals surface area contributed by atoms with Gasteiger partial charge in [0.2, 0.25) is 5.91 Å². The first-order valence-corrected chi connectivity index (χ1v) is 5.29. The highest BCUT2D eigenvalue weighted by molar-refractivity contribution is 5.80. The minimum Gasteiger partial charge on any atom is -0.356 e. The van der Waals surface area contributed by atoms with E-state index in [9.17, 15) is 4.79 Å². The summed E-state index contributed by atoms with van der Waals surface area (Å²) in [5.41, 5.74) is 5.79. The summed E-state index contributed by atoms with van der Waals surface area (Å²) in [7, 11) is 0. The van der Waals surface area contributed by atoms with Crippen LogP contribution in [0.25, 0.3) is 0 Å². The monoisotopic (exact) mass is 182 g/mol. The van der Waals surface area contributed by atoms with E-state index in [1.54, 1.807) is 0 Å². The van der Waals surface area contributed by atoms with Crippen LogP contribution < -0.4 is 11.1 Å². The summed E-state index contributed by atoms with van der Waals surface area (Å²) in [5.74, 6) is 1.24. The van der Waals surface area contributed by atoms with Crippen molar-refractivity contribution in [1.29, 1.82) is 0 Å². The van der Waals surface area contributed by atoms with E-state index in [1.165, 1.54) is 6.42 Å². The number of hydrogen-bond donors (Lipinski definition) is 2. The molecule has 2 atom stereocenters. The van der Waals surface area contributed by atoms with E-state index in [0.717, 1.165) is 32.2 Å². The van der Waals surface area contributed by atoms with Crippen LogP contribution >= 0.6 is 0 Å². The summed E-state index contributed by atoms with van der Waals surface area (Å²) in [6.45, 7) is 0.850. The molecular weight excluding hydrogens is 164 g/mol.